The first-order chi connectivity index (χ1) is 19.1. The molecule has 3 heterocycles. The number of likely N-dealkylation sites (N-methyl/N-ethyl adjacent to an activating group) is 1. The van der Waals surface area contributed by atoms with Crippen molar-refractivity contribution in [3.63, 3.8) is 0 Å². The van der Waals surface area contributed by atoms with E-state index in [1.165, 1.54) is 11.8 Å². The number of benzene rings is 3. The van der Waals surface area contributed by atoms with Gasteiger partial charge in [0.05, 0.1) is 22.0 Å². The van der Waals surface area contributed by atoms with E-state index in [0.29, 0.717) is 15.8 Å². The van der Waals surface area contributed by atoms with Gasteiger partial charge in [-0.3, -0.25) is 14.6 Å². The first kappa shape index (κ1) is 25.6. The summed E-state index contributed by atoms with van der Waals surface area (Å²) in [6.45, 7) is 5.43. The van der Waals surface area contributed by atoms with E-state index in [2.05, 4.69) is 64.6 Å². The summed E-state index contributed by atoms with van der Waals surface area (Å²) in [5, 5.41) is 3.10. The third-order valence-corrected chi connectivity index (χ3v) is 9.03. The van der Waals surface area contributed by atoms with Gasteiger partial charge >= 0.3 is 0 Å². The molecule has 1 amide bonds. The summed E-state index contributed by atoms with van der Waals surface area (Å²) in [7, 11) is 0. The van der Waals surface area contributed by atoms with Crippen LogP contribution in [0, 0.1) is 0 Å². The number of allylic oxidation sites excluding steroid dienone is 2. The molecule has 0 bridgehead atoms. The molecule has 5 nitrogen and oxygen atoms in total. The molecule has 0 aliphatic carbocycles. The standard InChI is InChI=1S/C31H26N4OS3/c1-3-33-26-19-22(29-32-24(20-38-29)21-11-7-5-8-12-21)15-16-25(26)35(23-13-9-6-10-14-23)28(33)18-17-27-30(36)34(4-2)31(37)39-27/h5-20H,3-4H2,1-2H3/b27-17+,28-18-. The summed E-state index contributed by atoms with van der Waals surface area (Å²) in [4.78, 5) is 24.6. The fraction of sp³-hybridized carbons (Fsp3) is 0.129. The number of fused-ring (bicyclic) bond motifs is 1. The Labute approximate surface area is 242 Å². The molecule has 0 atom stereocenters. The molecule has 39 heavy (non-hydrogen) atoms. The van der Waals surface area contributed by atoms with Crippen LogP contribution in [-0.2, 0) is 4.79 Å². The van der Waals surface area contributed by atoms with E-state index >= 15 is 0 Å². The zero-order chi connectivity index (χ0) is 26.9. The van der Waals surface area contributed by atoms with Crippen LogP contribution >= 0.6 is 35.3 Å². The Morgan fingerprint density at radius 3 is 2.26 bits per heavy atom. The minimum Gasteiger partial charge on any atom is -0.326 e. The minimum atomic E-state index is -0.0329. The first-order valence-corrected chi connectivity index (χ1v) is 14.9. The third kappa shape index (κ3) is 4.69. The van der Waals surface area contributed by atoms with E-state index in [-0.39, 0.29) is 5.91 Å². The molecule has 0 unspecified atom stereocenters. The van der Waals surface area contributed by atoms with Gasteiger partial charge in [0.1, 0.15) is 15.1 Å². The Kier molecular flexibility index (Phi) is 7.08. The molecule has 6 rings (SSSR count). The summed E-state index contributed by atoms with van der Waals surface area (Å²) in [5.74, 6) is 0.955. The summed E-state index contributed by atoms with van der Waals surface area (Å²) < 4.78 is 0.608. The van der Waals surface area contributed by atoms with Crippen LogP contribution < -0.4 is 9.80 Å². The summed E-state index contributed by atoms with van der Waals surface area (Å²) in [6, 6.07) is 27.1. The van der Waals surface area contributed by atoms with Crippen molar-refractivity contribution < 1.29 is 4.79 Å². The predicted molar refractivity (Wildman–Crippen MR) is 168 cm³/mol. The quantitative estimate of drug-likeness (QED) is 0.174. The molecular formula is C31H26N4OS3. The van der Waals surface area contributed by atoms with Crippen molar-refractivity contribution in [1.82, 2.24) is 9.88 Å². The molecule has 2 aliphatic heterocycles. The number of carbonyl (C=O) groups is 1. The van der Waals surface area contributed by atoms with Gasteiger partial charge in [-0.25, -0.2) is 4.98 Å². The molecule has 4 aromatic rings. The average molecular weight is 567 g/mol. The number of thiazole rings is 1. The van der Waals surface area contributed by atoms with Crippen LogP contribution in [0.3, 0.4) is 0 Å². The van der Waals surface area contributed by atoms with Gasteiger partial charge in [0.2, 0.25) is 0 Å². The summed E-state index contributed by atoms with van der Waals surface area (Å²) in [6.07, 6.45) is 3.94. The number of hydrogen-bond acceptors (Lipinski definition) is 7. The number of aromatic nitrogens is 1. The normalized spacial score (nSPS) is 17.1. The lowest BCUT2D eigenvalue weighted by Crippen LogP contribution is -2.27. The van der Waals surface area contributed by atoms with Gasteiger partial charge in [0.15, 0.2) is 0 Å². The molecule has 3 aromatic carbocycles. The second kappa shape index (κ2) is 10.8. The van der Waals surface area contributed by atoms with Crippen molar-refractivity contribution in [1.29, 1.82) is 0 Å². The number of nitrogens with zero attached hydrogens (tertiary/aromatic N) is 4. The van der Waals surface area contributed by atoms with E-state index in [4.69, 9.17) is 17.2 Å². The molecule has 1 saturated heterocycles. The lowest BCUT2D eigenvalue weighted by molar-refractivity contribution is -0.122. The van der Waals surface area contributed by atoms with Crippen LogP contribution in [0.15, 0.2) is 107 Å². The van der Waals surface area contributed by atoms with E-state index in [9.17, 15) is 4.79 Å². The van der Waals surface area contributed by atoms with Crippen LogP contribution in [0.25, 0.3) is 21.8 Å². The number of hydrogen-bond donors (Lipinski definition) is 0. The molecule has 0 N–H and O–H groups in total. The maximum Gasteiger partial charge on any atom is 0.266 e. The molecule has 0 radical (unpaired) electrons. The molecule has 194 valence electrons. The van der Waals surface area contributed by atoms with Gasteiger partial charge in [0, 0.05) is 35.3 Å². The number of anilines is 3. The van der Waals surface area contributed by atoms with Gasteiger partial charge in [-0.05, 0) is 56.3 Å². The Morgan fingerprint density at radius 1 is 0.846 bits per heavy atom. The molecular weight excluding hydrogens is 541 g/mol. The smallest absolute Gasteiger partial charge is 0.266 e. The van der Waals surface area contributed by atoms with Gasteiger partial charge < -0.3 is 4.90 Å². The molecule has 1 aromatic heterocycles. The van der Waals surface area contributed by atoms with Crippen LogP contribution in [-0.4, -0.2) is 33.2 Å². The number of thiocarbonyl (C=S) groups is 1. The van der Waals surface area contributed by atoms with E-state index in [1.807, 2.05) is 55.5 Å². The van der Waals surface area contributed by atoms with Crippen LogP contribution in [0.4, 0.5) is 17.1 Å². The SMILES string of the molecule is CCN1C(=O)/C(=C\C=C2\N(CC)c3cc(-c4nc(-c5ccccc5)cs4)ccc3N2c2ccccc2)SC1=S. The highest BCUT2D eigenvalue weighted by atomic mass is 32.2. The van der Waals surface area contributed by atoms with Crippen LogP contribution in [0.5, 0.6) is 0 Å². The second-order valence-electron chi connectivity index (χ2n) is 9.00. The topological polar surface area (TPSA) is 39.7 Å². The van der Waals surface area contributed by atoms with E-state index in [1.54, 1.807) is 16.2 Å². The highest BCUT2D eigenvalue weighted by Crippen LogP contribution is 2.48. The fourth-order valence-corrected chi connectivity index (χ4v) is 7.01. The number of thioether (sulfide) groups is 1. The molecule has 8 heteroatoms. The fourth-order valence-electron chi connectivity index (χ4n) is 4.86. The Morgan fingerprint density at radius 2 is 1.56 bits per heavy atom. The van der Waals surface area contributed by atoms with Gasteiger partial charge in [-0.2, -0.15) is 0 Å². The maximum absolute atomic E-state index is 12.9. The highest BCUT2D eigenvalue weighted by Gasteiger charge is 2.33. The van der Waals surface area contributed by atoms with Gasteiger partial charge in [-0.1, -0.05) is 72.5 Å². The maximum atomic E-state index is 12.9. The van der Waals surface area contributed by atoms with Gasteiger partial charge in [0.25, 0.3) is 5.91 Å². The molecule has 0 spiro atoms. The second-order valence-corrected chi connectivity index (χ2v) is 11.5. The Hall–Kier alpha value is -3.72. The first-order valence-electron chi connectivity index (χ1n) is 12.8. The Balaban J connectivity index is 1.42. The van der Waals surface area contributed by atoms with Crippen molar-refractivity contribution >= 4 is 62.6 Å². The van der Waals surface area contributed by atoms with E-state index < -0.39 is 0 Å². The Bertz CT molecular complexity index is 1610. The number of rotatable bonds is 6. The zero-order valence-electron chi connectivity index (χ0n) is 21.6. The summed E-state index contributed by atoms with van der Waals surface area (Å²) >= 11 is 8.43. The summed E-state index contributed by atoms with van der Waals surface area (Å²) in [5.41, 5.74) is 6.44. The largest absolute Gasteiger partial charge is 0.326 e. The monoisotopic (exact) mass is 566 g/mol. The van der Waals surface area contributed by atoms with Crippen molar-refractivity contribution in [3.8, 4) is 21.8 Å². The number of para-hydroxylation sites is 1. The minimum absolute atomic E-state index is 0.0329. The van der Waals surface area contributed by atoms with Crippen molar-refractivity contribution in [3.05, 3.63) is 107 Å². The lowest BCUT2D eigenvalue weighted by Gasteiger charge is -2.24. The predicted octanol–water partition coefficient (Wildman–Crippen LogP) is 8.06. The lowest BCUT2D eigenvalue weighted by atomic mass is 10.1. The number of amides is 1. The van der Waals surface area contributed by atoms with Gasteiger partial charge in [-0.15, -0.1) is 11.3 Å². The number of carbonyl (C=O) groups excluding carboxylic acids is 1. The zero-order valence-corrected chi connectivity index (χ0v) is 24.0. The van der Waals surface area contributed by atoms with Crippen molar-refractivity contribution in [2.24, 2.45) is 0 Å². The van der Waals surface area contributed by atoms with Crippen LogP contribution in [0.2, 0.25) is 0 Å². The van der Waals surface area contributed by atoms with Crippen molar-refractivity contribution in [2.75, 3.05) is 22.9 Å². The van der Waals surface area contributed by atoms with Crippen molar-refractivity contribution in [2.45, 2.75) is 13.8 Å². The van der Waals surface area contributed by atoms with Crippen LogP contribution in [0.1, 0.15) is 13.8 Å². The molecule has 2 aliphatic rings. The third-order valence-electron chi connectivity index (χ3n) is 6.74. The average Bonchev–Trinajstić information content (AvgIpc) is 3.66. The molecule has 0 saturated carbocycles. The highest BCUT2D eigenvalue weighted by molar-refractivity contribution is 8.26. The molecule has 1 fully saturated rings. The van der Waals surface area contributed by atoms with E-state index in [0.717, 1.165) is 51.3 Å².